The van der Waals surface area contributed by atoms with Crippen molar-refractivity contribution in [2.75, 3.05) is 0 Å². The summed E-state index contributed by atoms with van der Waals surface area (Å²) in [6.45, 7) is 0. The van der Waals surface area contributed by atoms with Gasteiger partial charge < -0.3 is 9.67 Å². The molecule has 3 aromatic rings. The van der Waals surface area contributed by atoms with E-state index in [0.29, 0.717) is 17.1 Å². The molecule has 5 nitrogen and oxygen atoms in total. The zero-order valence-corrected chi connectivity index (χ0v) is 10.8. The maximum absolute atomic E-state index is 13.5. The second-order valence-electron chi connectivity index (χ2n) is 4.48. The summed E-state index contributed by atoms with van der Waals surface area (Å²) >= 11 is 0. The van der Waals surface area contributed by atoms with E-state index in [4.69, 9.17) is 5.11 Å². The third-order valence-electron chi connectivity index (χ3n) is 3.21. The number of fused-ring (bicyclic) bond motifs is 1. The molecule has 106 valence electrons. The van der Waals surface area contributed by atoms with E-state index in [9.17, 15) is 13.6 Å². The number of halogens is 2. The number of aryl methyl sites for hydroxylation is 1. The van der Waals surface area contributed by atoms with Crippen LogP contribution in [-0.2, 0) is 7.05 Å². The Labute approximate surface area is 117 Å². The molecule has 0 aliphatic rings. The first-order valence-electron chi connectivity index (χ1n) is 5.98. The second kappa shape index (κ2) is 4.62. The largest absolute Gasteiger partial charge is 0.478 e. The predicted octanol–water partition coefficient (Wildman–Crippen LogP) is 2.61. The Morgan fingerprint density at radius 2 is 2.00 bits per heavy atom. The Bertz CT molecular complexity index is 874. The number of imidazole rings is 1. The second-order valence-corrected chi connectivity index (χ2v) is 4.48. The molecule has 2 heterocycles. The molecular weight excluding hydrogens is 280 g/mol. The number of nitrogens with zero attached hydrogens (tertiary/aromatic N) is 3. The smallest absolute Gasteiger partial charge is 0.336 e. The highest BCUT2D eigenvalue weighted by Crippen LogP contribution is 2.28. The first kappa shape index (κ1) is 13.2. The molecule has 0 fully saturated rings. The van der Waals surface area contributed by atoms with Crippen LogP contribution < -0.4 is 0 Å². The molecule has 0 atom stereocenters. The van der Waals surface area contributed by atoms with E-state index in [1.54, 1.807) is 30.1 Å². The SMILES string of the molecule is Cn1c(-c2cc(F)c(F)cc2C(=O)O)nc2ccncc21. The topological polar surface area (TPSA) is 68.0 Å². The van der Waals surface area contributed by atoms with Crippen molar-refractivity contribution in [2.45, 2.75) is 0 Å². The van der Waals surface area contributed by atoms with Crippen LogP contribution in [0.4, 0.5) is 8.78 Å². The van der Waals surface area contributed by atoms with Gasteiger partial charge in [-0.15, -0.1) is 0 Å². The number of hydrogen-bond acceptors (Lipinski definition) is 3. The van der Waals surface area contributed by atoms with Crippen molar-refractivity contribution in [2.24, 2.45) is 7.05 Å². The fraction of sp³-hybridized carbons (Fsp3) is 0.0714. The number of carboxylic acids is 1. The highest BCUT2D eigenvalue weighted by molar-refractivity contribution is 5.96. The fourth-order valence-corrected chi connectivity index (χ4v) is 2.18. The Kier molecular flexibility index (Phi) is 2.90. The summed E-state index contributed by atoms with van der Waals surface area (Å²) in [5.74, 6) is -3.46. The van der Waals surface area contributed by atoms with Crippen LogP contribution in [-0.4, -0.2) is 25.6 Å². The summed E-state index contributed by atoms with van der Waals surface area (Å²) < 4.78 is 28.3. The zero-order valence-electron chi connectivity index (χ0n) is 10.8. The lowest BCUT2D eigenvalue weighted by atomic mass is 10.1. The summed E-state index contributed by atoms with van der Waals surface area (Å²) in [4.78, 5) is 19.5. The molecule has 2 aromatic heterocycles. The van der Waals surface area contributed by atoms with Gasteiger partial charge in [0.1, 0.15) is 5.82 Å². The zero-order chi connectivity index (χ0) is 15.1. The summed E-state index contributed by atoms with van der Waals surface area (Å²) in [7, 11) is 1.65. The van der Waals surface area contributed by atoms with Crippen LogP contribution in [0.25, 0.3) is 22.4 Å². The Hall–Kier alpha value is -2.83. The monoisotopic (exact) mass is 289 g/mol. The van der Waals surface area contributed by atoms with Crippen LogP contribution in [0.3, 0.4) is 0 Å². The lowest BCUT2D eigenvalue weighted by Crippen LogP contribution is -2.05. The molecule has 0 aliphatic carbocycles. The average molecular weight is 289 g/mol. The lowest BCUT2D eigenvalue weighted by Gasteiger charge is -2.07. The molecule has 1 N–H and O–H groups in total. The molecule has 3 rings (SSSR count). The minimum Gasteiger partial charge on any atom is -0.478 e. The number of rotatable bonds is 2. The number of pyridine rings is 1. The van der Waals surface area contributed by atoms with E-state index in [1.165, 1.54) is 0 Å². The third kappa shape index (κ3) is 2.03. The van der Waals surface area contributed by atoms with Crippen LogP contribution in [0, 0.1) is 11.6 Å². The summed E-state index contributed by atoms with van der Waals surface area (Å²) in [6.07, 6.45) is 3.11. The molecule has 7 heteroatoms. The van der Waals surface area contributed by atoms with E-state index in [0.717, 1.165) is 6.07 Å². The van der Waals surface area contributed by atoms with Crippen LogP contribution in [0.2, 0.25) is 0 Å². The Balaban J connectivity index is 2.34. The van der Waals surface area contributed by atoms with Crippen LogP contribution >= 0.6 is 0 Å². The van der Waals surface area contributed by atoms with Crippen molar-refractivity contribution < 1.29 is 18.7 Å². The van der Waals surface area contributed by atoms with Gasteiger partial charge >= 0.3 is 5.97 Å². The van der Waals surface area contributed by atoms with Crippen LogP contribution in [0.15, 0.2) is 30.6 Å². The van der Waals surface area contributed by atoms with Gasteiger partial charge in [0.05, 0.1) is 22.8 Å². The highest BCUT2D eigenvalue weighted by atomic mass is 19.2. The number of carboxylic acid groups (broad SMARTS) is 1. The Morgan fingerprint density at radius 3 is 2.67 bits per heavy atom. The molecular formula is C14H9F2N3O2. The molecule has 1 aromatic carbocycles. The van der Waals surface area contributed by atoms with Gasteiger partial charge in [0.25, 0.3) is 0 Å². The van der Waals surface area contributed by atoms with Gasteiger partial charge in [0, 0.05) is 18.8 Å². The molecule has 0 saturated carbocycles. The quantitative estimate of drug-likeness (QED) is 0.787. The molecule has 0 saturated heterocycles. The van der Waals surface area contributed by atoms with Gasteiger partial charge in [-0.1, -0.05) is 0 Å². The van der Waals surface area contributed by atoms with Crippen molar-refractivity contribution in [3.8, 4) is 11.4 Å². The highest BCUT2D eigenvalue weighted by Gasteiger charge is 2.20. The molecule has 0 radical (unpaired) electrons. The van der Waals surface area contributed by atoms with Crippen molar-refractivity contribution in [3.05, 3.63) is 47.8 Å². The number of aromatic nitrogens is 3. The minimum atomic E-state index is -1.35. The van der Waals surface area contributed by atoms with Crippen molar-refractivity contribution >= 4 is 17.0 Å². The number of benzene rings is 1. The minimum absolute atomic E-state index is 0.0140. The van der Waals surface area contributed by atoms with Gasteiger partial charge in [-0.2, -0.15) is 0 Å². The van der Waals surface area contributed by atoms with E-state index in [2.05, 4.69) is 9.97 Å². The van der Waals surface area contributed by atoms with Gasteiger partial charge in [0.15, 0.2) is 11.6 Å². The summed E-state index contributed by atoms with van der Waals surface area (Å²) in [5.41, 5.74) is 0.914. The van der Waals surface area contributed by atoms with Crippen molar-refractivity contribution in [1.82, 2.24) is 14.5 Å². The first-order valence-corrected chi connectivity index (χ1v) is 5.98. The lowest BCUT2D eigenvalue weighted by molar-refractivity contribution is 0.0697. The third-order valence-corrected chi connectivity index (χ3v) is 3.21. The average Bonchev–Trinajstić information content (AvgIpc) is 2.79. The van der Waals surface area contributed by atoms with Gasteiger partial charge in [-0.3, -0.25) is 4.98 Å². The summed E-state index contributed by atoms with van der Waals surface area (Å²) in [5, 5.41) is 9.17. The number of carbonyl (C=O) groups is 1. The first-order chi connectivity index (χ1) is 9.99. The van der Waals surface area contributed by atoms with Gasteiger partial charge in [0.2, 0.25) is 0 Å². The standard InChI is InChI=1S/C14H9F2N3O2/c1-19-12-6-17-3-2-11(12)18-13(19)7-4-9(15)10(16)5-8(7)14(20)21/h2-6H,1H3,(H,20,21). The molecule has 21 heavy (non-hydrogen) atoms. The van der Waals surface area contributed by atoms with E-state index < -0.39 is 17.6 Å². The number of aromatic carboxylic acids is 1. The van der Waals surface area contributed by atoms with Gasteiger partial charge in [-0.25, -0.2) is 18.6 Å². The summed E-state index contributed by atoms with van der Waals surface area (Å²) in [6, 6.07) is 3.15. The molecule has 0 bridgehead atoms. The maximum Gasteiger partial charge on any atom is 0.336 e. The van der Waals surface area contributed by atoms with E-state index in [-0.39, 0.29) is 17.0 Å². The number of hydrogen-bond donors (Lipinski definition) is 1. The van der Waals surface area contributed by atoms with Crippen molar-refractivity contribution in [3.63, 3.8) is 0 Å². The molecule has 0 aliphatic heterocycles. The molecule has 0 spiro atoms. The Morgan fingerprint density at radius 1 is 1.29 bits per heavy atom. The van der Waals surface area contributed by atoms with E-state index >= 15 is 0 Å². The van der Waals surface area contributed by atoms with E-state index in [1.807, 2.05) is 0 Å². The molecule has 0 unspecified atom stereocenters. The maximum atomic E-state index is 13.5. The predicted molar refractivity (Wildman–Crippen MR) is 70.8 cm³/mol. The molecule has 0 amide bonds. The fourth-order valence-electron chi connectivity index (χ4n) is 2.18. The van der Waals surface area contributed by atoms with Crippen LogP contribution in [0.1, 0.15) is 10.4 Å². The van der Waals surface area contributed by atoms with Gasteiger partial charge in [-0.05, 0) is 18.2 Å². The van der Waals surface area contributed by atoms with Crippen molar-refractivity contribution in [1.29, 1.82) is 0 Å². The normalized spacial score (nSPS) is 11.0. The van der Waals surface area contributed by atoms with Crippen LogP contribution in [0.5, 0.6) is 0 Å².